The highest BCUT2D eigenvalue weighted by Gasteiger charge is 2.21. The summed E-state index contributed by atoms with van der Waals surface area (Å²) in [7, 11) is 1.66. The molecule has 1 atom stereocenters. The Hall–Kier alpha value is -2.81. The maximum atomic E-state index is 12.8. The molecule has 1 aliphatic rings. The van der Waals surface area contributed by atoms with Crippen molar-refractivity contribution in [2.75, 3.05) is 21.0 Å². The highest BCUT2D eigenvalue weighted by atomic mass is 32.2. The van der Waals surface area contributed by atoms with Gasteiger partial charge < -0.3 is 23.9 Å². The van der Waals surface area contributed by atoms with Crippen molar-refractivity contribution in [2.24, 2.45) is 0 Å². The van der Waals surface area contributed by atoms with Crippen LogP contribution in [0.2, 0.25) is 0 Å². The van der Waals surface area contributed by atoms with Gasteiger partial charge in [-0.15, -0.1) is 0 Å². The van der Waals surface area contributed by atoms with E-state index in [1.54, 1.807) is 25.4 Å². The number of nitrogens with zero attached hydrogens (tertiary/aromatic N) is 2. The molecule has 0 saturated carbocycles. The van der Waals surface area contributed by atoms with Crippen LogP contribution in [0.15, 0.2) is 23.5 Å². The molecule has 4 rings (SSSR count). The Kier molecular flexibility index (Phi) is 4.15. The largest absolute Gasteiger partial charge is 0.492 e. The number of hydrogen-bond acceptors (Lipinski definition) is 7. The van der Waals surface area contributed by atoms with Gasteiger partial charge in [0.25, 0.3) is 0 Å². The average Bonchev–Trinajstić information content (AvgIpc) is 3.26. The van der Waals surface area contributed by atoms with Crippen LogP contribution in [0.5, 0.6) is 23.0 Å². The van der Waals surface area contributed by atoms with Crippen LogP contribution in [-0.2, 0) is 16.6 Å². The molecule has 8 nitrogen and oxygen atoms in total. The van der Waals surface area contributed by atoms with Crippen molar-refractivity contribution in [3.05, 3.63) is 29.6 Å². The van der Waals surface area contributed by atoms with E-state index in [0.29, 0.717) is 39.4 Å². The summed E-state index contributed by atoms with van der Waals surface area (Å²) in [6.45, 7) is 2.07. The van der Waals surface area contributed by atoms with Gasteiger partial charge in [0.15, 0.2) is 28.2 Å². The second-order valence-corrected chi connectivity index (χ2v) is 7.08. The predicted molar refractivity (Wildman–Crippen MR) is 94.4 cm³/mol. The predicted octanol–water partition coefficient (Wildman–Crippen LogP) is 2.32. The Morgan fingerprint density at radius 2 is 1.92 bits per heavy atom. The Morgan fingerprint density at radius 1 is 1.19 bits per heavy atom. The molecule has 136 valence electrons. The molecular formula is C17H17N3O5S. The maximum absolute atomic E-state index is 12.8. The zero-order valence-electron chi connectivity index (χ0n) is 14.5. The van der Waals surface area contributed by atoms with E-state index >= 15 is 0 Å². The van der Waals surface area contributed by atoms with Crippen molar-refractivity contribution in [1.82, 2.24) is 15.0 Å². The number of hydrogen-bond donors (Lipinski definition) is 1. The van der Waals surface area contributed by atoms with Gasteiger partial charge in [0.05, 0.1) is 47.5 Å². The number of aromatic nitrogens is 3. The maximum Gasteiger partial charge on any atom is 0.231 e. The van der Waals surface area contributed by atoms with Crippen LogP contribution in [0.25, 0.3) is 11.0 Å². The summed E-state index contributed by atoms with van der Waals surface area (Å²) in [5.74, 6) is 2.49. The minimum absolute atomic E-state index is 0.145. The third-order valence-electron chi connectivity index (χ3n) is 4.09. The fraction of sp³-hybridized carbons (Fsp3) is 0.294. The molecule has 1 aromatic carbocycles. The van der Waals surface area contributed by atoms with Crippen LogP contribution in [-0.4, -0.2) is 40.2 Å². The third-order valence-corrected chi connectivity index (χ3v) is 5.25. The zero-order valence-corrected chi connectivity index (χ0v) is 15.3. The first-order valence-electron chi connectivity index (χ1n) is 7.85. The van der Waals surface area contributed by atoms with Crippen molar-refractivity contribution < 1.29 is 23.2 Å². The molecule has 0 spiro atoms. The van der Waals surface area contributed by atoms with Crippen LogP contribution in [0.1, 0.15) is 11.3 Å². The molecule has 3 heterocycles. The number of imidazole rings is 1. The quantitative estimate of drug-likeness (QED) is 0.731. The van der Waals surface area contributed by atoms with Gasteiger partial charge in [-0.05, 0) is 6.92 Å². The third kappa shape index (κ3) is 2.74. The number of aryl methyl sites for hydroxylation is 1. The summed E-state index contributed by atoms with van der Waals surface area (Å²) in [5, 5.41) is 0.354. The molecule has 1 unspecified atom stereocenters. The lowest BCUT2D eigenvalue weighted by Gasteiger charge is -2.13. The Morgan fingerprint density at radius 3 is 2.65 bits per heavy atom. The number of ether oxygens (including phenoxy) is 4. The second kappa shape index (κ2) is 6.49. The van der Waals surface area contributed by atoms with E-state index in [9.17, 15) is 4.21 Å². The van der Waals surface area contributed by atoms with E-state index in [2.05, 4.69) is 15.0 Å². The van der Waals surface area contributed by atoms with E-state index in [-0.39, 0.29) is 12.5 Å². The summed E-state index contributed by atoms with van der Waals surface area (Å²) in [4.78, 5) is 11.8. The van der Waals surface area contributed by atoms with Crippen LogP contribution in [0.4, 0.5) is 0 Å². The number of nitrogens with one attached hydrogen (secondary N) is 1. The number of fused-ring (bicyclic) bond motifs is 2. The van der Waals surface area contributed by atoms with Crippen molar-refractivity contribution in [1.29, 1.82) is 0 Å². The molecule has 9 heteroatoms. The minimum Gasteiger partial charge on any atom is -0.492 e. The highest BCUT2D eigenvalue weighted by molar-refractivity contribution is 7.84. The van der Waals surface area contributed by atoms with E-state index in [1.165, 1.54) is 7.11 Å². The SMILES string of the molecule is COc1c(C)cnc(CS(=O)c2nc3cc4c(cc3[nH]2)OCO4)c1OC. The molecule has 0 amide bonds. The molecule has 0 radical (unpaired) electrons. The monoisotopic (exact) mass is 375 g/mol. The Balaban J connectivity index is 1.66. The number of rotatable bonds is 5. The van der Waals surface area contributed by atoms with E-state index in [1.807, 2.05) is 6.92 Å². The molecule has 26 heavy (non-hydrogen) atoms. The number of aromatic amines is 1. The molecule has 0 saturated heterocycles. The smallest absolute Gasteiger partial charge is 0.231 e. The molecular weight excluding hydrogens is 358 g/mol. The van der Waals surface area contributed by atoms with Gasteiger partial charge in [-0.1, -0.05) is 0 Å². The van der Waals surface area contributed by atoms with Gasteiger partial charge in [0.1, 0.15) is 0 Å². The van der Waals surface area contributed by atoms with Crippen molar-refractivity contribution in [2.45, 2.75) is 17.8 Å². The number of H-pyrrole nitrogens is 1. The summed E-state index contributed by atoms with van der Waals surface area (Å²) in [6.07, 6.45) is 1.67. The number of methoxy groups -OCH3 is 2. The van der Waals surface area contributed by atoms with E-state index in [0.717, 1.165) is 11.1 Å². The molecule has 0 bridgehead atoms. The molecule has 1 aliphatic heterocycles. The number of benzene rings is 1. The Bertz CT molecular complexity index is 976. The van der Waals surface area contributed by atoms with Gasteiger partial charge in [-0.25, -0.2) is 4.98 Å². The zero-order chi connectivity index (χ0) is 18.3. The lowest BCUT2D eigenvalue weighted by atomic mass is 10.2. The number of pyridine rings is 1. The molecule has 0 fully saturated rings. The first-order valence-corrected chi connectivity index (χ1v) is 9.16. The summed E-state index contributed by atoms with van der Waals surface area (Å²) in [5.41, 5.74) is 2.79. The lowest BCUT2D eigenvalue weighted by molar-refractivity contribution is 0.174. The standard InChI is InChI=1S/C17H17N3O5S/c1-9-6-18-12(16(23-3)15(9)22-2)7-26(21)17-19-10-4-13-14(25-8-24-13)5-11(10)20-17/h4-6H,7-8H2,1-3H3,(H,19,20). The minimum atomic E-state index is -1.44. The highest BCUT2D eigenvalue weighted by Crippen LogP contribution is 2.36. The van der Waals surface area contributed by atoms with Crippen LogP contribution in [0.3, 0.4) is 0 Å². The van der Waals surface area contributed by atoms with Gasteiger partial charge in [0, 0.05) is 23.9 Å². The van der Waals surface area contributed by atoms with E-state index < -0.39 is 10.8 Å². The molecule has 1 N–H and O–H groups in total. The van der Waals surface area contributed by atoms with Gasteiger partial charge in [0.2, 0.25) is 6.79 Å². The molecule has 3 aromatic rings. The molecule has 0 aliphatic carbocycles. The fourth-order valence-electron chi connectivity index (χ4n) is 2.85. The van der Waals surface area contributed by atoms with Crippen LogP contribution < -0.4 is 18.9 Å². The normalized spacial score (nSPS) is 13.8. The van der Waals surface area contributed by atoms with Gasteiger partial charge in [-0.3, -0.25) is 9.19 Å². The summed E-state index contributed by atoms with van der Waals surface area (Å²) in [6, 6.07) is 3.56. The summed E-state index contributed by atoms with van der Waals surface area (Å²) < 4.78 is 34.3. The van der Waals surface area contributed by atoms with E-state index in [4.69, 9.17) is 18.9 Å². The molecule has 2 aromatic heterocycles. The first-order chi connectivity index (χ1) is 12.6. The second-order valence-electron chi connectivity index (χ2n) is 5.71. The van der Waals surface area contributed by atoms with Crippen molar-refractivity contribution in [3.8, 4) is 23.0 Å². The van der Waals surface area contributed by atoms with Crippen molar-refractivity contribution in [3.63, 3.8) is 0 Å². The van der Waals surface area contributed by atoms with Crippen LogP contribution in [0, 0.1) is 6.92 Å². The average molecular weight is 375 g/mol. The summed E-state index contributed by atoms with van der Waals surface area (Å²) >= 11 is 0. The topological polar surface area (TPSA) is 95.6 Å². The van der Waals surface area contributed by atoms with Crippen molar-refractivity contribution >= 4 is 21.8 Å². The van der Waals surface area contributed by atoms with Crippen LogP contribution >= 0.6 is 0 Å². The van der Waals surface area contributed by atoms with Gasteiger partial charge in [-0.2, -0.15) is 0 Å². The first kappa shape index (κ1) is 16.6. The fourth-order valence-corrected chi connectivity index (χ4v) is 3.86. The Labute approximate surface area is 151 Å². The van der Waals surface area contributed by atoms with Gasteiger partial charge >= 0.3 is 0 Å². The lowest BCUT2D eigenvalue weighted by Crippen LogP contribution is -2.05.